The van der Waals surface area contributed by atoms with E-state index in [0.29, 0.717) is 5.95 Å². The van der Waals surface area contributed by atoms with E-state index < -0.39 is 0 Å². The molecule has 7 nitrogen and oxygen atoms in total. The molecule has 0 saturated carbocycles. The lowest BCUT2D eigenvalue weighted by Gasteiger charge is -2.22. The molecule has 0 spiro atoms. The molecular weight excluding hydrogens is 328 g/mol. The molecule has 1 fully saturated rings. The lowest BCUT2D eigenvalue weighted by molar-refractivity contribution is -0.120. The highest BCUT2D eigenvalue weighted by Gasteiger charge is 2.24. The van der Waals surface area contributed by atoms with Crippen molar-refractivity contribution in [2.45, 2.75) is 25.8 Å². The highest BCUT2D eigenvalue weighted by molar-refractivity contribution is 5.94. The van der Waals surface area contributed by atoms with Gasteiger partial charge in [0.2, 0.25) is 11.9 Å². The minimum Gasteiger partial charge on any atom is -0.293 e. The zero-order valence-corrected chi connectivity index (χ0v) is 15.0. The van der Waals surface area contributed by atoms with Crippen molar-refractivity contribution in [1.82, 2.24) is 24.6 Å². The first-order valence-electron chi connectivity index (χ1n) is 8.91. The van der Waals surface area contributed by atoms with Crippen molar-refractivity contribution < 1.29 is 4.79 Å². The van der Waals surface area contributed by atoms with E-state index in [1.807, 2.05) is 44.6 Å². The molecule has 0 bridgehead atoms. The number of amides is 1. The van der Waals surface area contributed by atoms with Crippen LogP contribution in [0.3, 0.4) is 0 Å². The summed E-state index contributed by atoms with van der Waals surface area (Å²) < 4.78 is 1.77. The maximum absolute atomic E-state index is 12.5. The van der Waals surface area contributed by atoms with Crippen molar-refractivity contribution in [3.63, 3.8) is 0 Å². The Hall–Kier alpha value is -2.80. The van der Waals surface area contributed by atoms with E-state index >= 15 is 0 Å². The summed E-state index contributed by atoms with van der Waals surface area (Å²) in [4.78, 5) is 23.5. The second kappa shape index (κ2) is 6.84. The molecule has 1 aliphatic heterocycles. The lowest BCUT2D eigenvalue weighted by atomic mass is 10.1. The molecule has 26 heavy (non-hydrogen) atoms. The SMILES string of the molecule is C[C@@H](C(=O)Nc1ncc2ccc(-c3cnn(C)c3)cc2n1)N1CCCC1. The van der Waals surface area contributed by atoms with Crippen molar-refractivity contribution in [3.05, 3.63) is 36.8 Å². The van der Waals surface area contributed by atoms with Gasteiger partial charge in [0.15, 0.2) is 0 Å². The number of anilines is 1. The van der Waals surface area contributed by atoms with Gasteiger partial charge in [0.1, 0.15) is 0 Å². The Balaban J connectivity index is 1.57. The smallest absolute Gasteiger partial charge is 0.243 e. The predicted molar refractivity (Wildman–Crippen MR) is 101 cm³/mol. The van der Waals surface area contributed by atoms with Crippen LogP contribution in [0.4, 0.5) is 5.95 Å². The number of rotatable bonds is 4. The van der Waals surface area contributed by atoms with Gasteiger partial charge in [0.25, 0.3) is 0 Å². The number of hydrogen-bond donors (Lipinski definition) is 1. The van der Waals surface area contributed by atoms with Gasteiger partial charge in [-0.25, -0.2) is 9.97 Å². The third-order valence-electron chi connectivity index (χ3n) is 4.92. The normalized spacial score (nSPS) is 16.1. The summed E-state index contributed by atoms with van der Waals surface area (Å²) in [6.07, 6.45) is 7.83. The Morgan fingerprint density at radius 1 is 1.19 bits per heavy atom. The van der Waals surface area contributed by atoms with E-state index in [4.69, 9.17) is 0 Å². The van der Waals surface area contributed by atoms with Gasteiger partial charge in [-0.05, 0) is 44.5 Å². The first-order chi connectivity index (χ1) is 12.6. The molecular formula is C19H22N6O. The molecule has 4 rings (SSSR count). The topological polar surface area (TPSA) is 75.9 Å². The molecule has 2 aromatic heterocycles. The summed E-state index contributed by atoms with van der Waals surface area (Å²) in [6.45, 7) is 3.88. The van der Waals surface area contributed by atoms with E-state index in [2.05, 4.69) is 25.3 Å². The van der Waals surface area contributed by atoms with Gasteiger partial charge in [0, 0.05) is 30.4 Å². The fraction of sp³-hybridized carbons (Fsp3) is 0.368. The van der Waals surface area contributed by atoms with Crippen LogP contribution >= 0.6 is 0 Å². The van der Waals surface area contributed by atoms with Gasteiger partial charge in [-0.15, -0.1) is 0 Å². The van der Waals surface area contributed by atoms with Crippen molar-refractivity contribution in [3.8, 4) is 11.1 Å². The Morgan fingerprint density at radius 3 is 2.73 bits per heavy atom. The third kappa shape index (κ3) is 3.30. The van der Waals surface area contributed by atoms with Crippen LogP contribution in [0.5, 0.6) is 0 Å². The Bertz CT molecular complexity index is 944. The van der Waals surface area contributed by atoms with Crippen LogP contribution in [0.1, 0.15) is 19.8 Å². The number of carbonyl (C=O) groups excluding carboxylic acids is 1. The maximum Gasteiger partial charge on any atom is 0.243 e. The molecule has 3 aromatic rings. The summed E-state index contributed by atoms with van der Waals surface area (Å²) >= 11 is 0. The van der Waals surface area contributed by atoms with Crippen molar-refractivity contribution in [2.24, 2.45) is 7.05 Å². The summed E-state index contributed by atoms with van der Waals surface area (Å²) in [5, 5.41) is 8.00. The van der Waals surface area contributed by atoms with Crippen LogP contribution in [0.15, 0.2) is 36.8 Å². The predicted octanol–water partition coefficient (Wildman–Crippen LogP) is 2.45. The first kappa shape index (κ1) is 16.7. The summed E-state index contributed by atoms with van der Waals surface area (Å²) in [7, 11) is 1.89. The zero-order valence-electron chi connectivity index (χ0n) is 15.0. The number of aryl methyl sites for hydroxylation is 1. The van der Waals surface area contributed by atoms with Gasteiger partial charge in [0.05, 0.1) is 17.8 Å². The summed E-state index contributed by atoms with van der Waals surface area (Å²) in [5.41, 5.74) is 2.86. The highest BCUT2D eigenvalue weighted by Crippen LogP contribution is 2.23. The highest BCUT2D eigenvalue weighted by atomic mass is 16.2. The molecule has 0 radical (unpaired) electrons. The van der Waals surface area contributed by atoms with Gasteiger partial charge >= 0.3 is 0 Å². The van der Waals surface area contributed by atoms with Crippen molar-refractivity contribution >= 4 is 22.8 Å². The van der Waals surface area contributed by atoms with Gasteiger partial charge in [-0.1, -0.05) is 12.1 Å². The number of benzene rings is 1. The largest absolute Gasteiger partial charge is 0.293 e. The lowest BCUT2D eigenvalue weighted by Crippen LogP contribution is -2.40. The van der Waals surface area contributed by atoms with Gasteiger partial charge in [-0.2, -0.15) is 5.10 Å². The van der Waals surface area contributed by atoms with E-state index in [1.54, 1.807) is 10.9 Å². The molecule has 1 N–H and O–H groups in total. The van der Waals surface area contributed by atoms with Crippen LogP contribution in [-0.4, -0.2) is 49.7 Å². The molecule has 0 aliphatic carbocycles. The molecule has 3 heterocycles. The second-order valence-electron chi connectivity index (χ2n) is 6.78. The van der Waals surface area contributed by atoms with E-state index in [1.165, 1.54) is 0 Å². The average molecular weight is 350 g/mol. The molecule has 1 atom stereocenters. The number of carbonyl (C=O) groups is 1. The Kier molecular flexibility index (Phi) is 4.38. The van der Waals surface area contributed by atoms with Crippen LogP contribution < -0.4 is 5.32 Å². The number of nitrogens with zero attached hydrogens (tertiary/aromatic N) is 5. The summed E-state index contributed by atoms with van der Waals surface area (Å²) in [5.74, 6) is 0.284. The van der Waals surface area contributed by atoms with Gasteiger partial charge < -0.3 is 0 Å². The average Bonchev–Trinajstić information content (AvgIpc) is 3.32. The standard InChI is InChI=1S/C19H22N6O/c1-13(25-7-3-4-8-25)18(26)23-19-20-10-15-6-5-14(9-17(15)22-19)16-11-21-24(2)12-16/h5-6,9-13H,3-4,7-8H2,1-2H3,(H,20,22,23,26)/t13-/m0/s1. The monoisotopic (exact) mass is 350 g/mol. The van der Waals surface area contributed by atoms with Crippen LogP contribution in [-0.2, 0) is 11.8 Å². The first-order valence-corrected chi connectivity index (χ1v) is 8.91. The molecule has 134 valence electrons. The number of aromatic nitrogens is 4. The number of fused-ring (bicyclic) bond motifs is 1. The zero-order chi connectivity index (χ0) is 18.1. The minimum absolute atomic E-state index is 0.0605. The Morgan fingerprint density at radius 2 is 2.00 bits per heavy atom. The van der Waals surface area contributed by atoms with Crippen molar-refractivity contribution in [1.29, 1.82) is 0 Å². The molecule has 7 heteroatoms. The number of likely N-dealkylation sites (tertiary alicyclic amines) is 1. The third-order valence-corrected chi connectivity index (χ3v) is 4.92. The Labute approximate surface area is 152 Å². The fourth-order valence-corrected chi connectivity index (χ4v) is 3.34. The van der Waals surface area contributed by atoms with Crippen LogP contribution in [0, 0.1) is 0 Å². The maximum atomic E-state index is 12.5. The van der Waals surface area contributed by atoms with Crippen molar-refractivity contribution in [2.75, 3.05) is 18.4 Å². The molecule has 1 amide bonds. The van der Waals surface area contributed by atoms with Crippen LogP contribution in [0.25, 0.3) is 22.0 Å². The molecule has 1 saturated heterocycles. The van der Waals surface area contributed by atoms with E-state index in [9.17, 15) is 4.79 Å². The van der Waals surface area contributed by atoms with E-state index in [-0.39, 0.29) is 11.9 Å². The second-order valence-corrected chi connectivity index (χ2v) is 6.78. The number of nitrogens with one attached hydrogen (secondary N) is 1. The number of hydrogen-bond acceptors (Lipinski definition) is 5. The summed E-state index contributed by atoms with van der Waals surface area (Å²) in [6, 6.07) is 5.83. The molecule has 1 aromatic carbocycles. The van der Waals surface area contributed by atoms with E-state index in [0.717, 1.165) is 48.0 Å². The quantitative estimate of drug-likeness (QED) is 0.782. The molecule has 0 unspecified atom stereocenters. The minimum atomic E-state index is -0.168. The van der Waals surface area contributed by atoms with Crippen LogP contribution in [0.2, 0.25) is 0 Å². The van der Waals surface area contributed by atoms with Gasteiger partial charge in [-0.3, -0.25) is 19.7 Å². The molecule has 1 aliphatic rings. The fourth-order valence-electron chi connectivity index (χ4n) is 3.34.